The number of imidazole rings is 1. The molecule has 0 saturated heterocycles. The van der Waals surface area contributed by atoms with Crippen molar-refractivity contribution in [1.82, 2.24) is 9.97 Å². The lowest BCUT2D eigenvalue weighted by atomic mass is 9.90. The van der Waals surface area contributed by atoms with Crippen LogP contribution in [-0.4, -0.2) is 34.3 Å². The lowest BCUT2D eigenvalue weighted by Crippen LogP contribution is -2.22. The standard InChI is InChI=1S/C13H20N2O3/c1-2-6-18-7-5-12-14-10-4-3-9(13(16)17)8-11(10)15-12/h9H,2-8H2,1H3,(H,14,15)(H,16,17). The Balaban J connectivity index is 1.91. The number of nitrogens with zero attached hydrogens (tertiary/aromatic N) is 1. The number of carbonyl (C=O) groups is 1. The third kappa shape index (κ3) is 3.10. The number of ether oxygens (including phenoxy) is 1. The van der Waals surface area contributed by atoms with E-state index in [0.29, 0.717) is 19.4 Å². The fourth-order valence-electron chi connectivity index (χ4n) is 2.28. The normalized spacial score (nSPS) is 18.6. The van der Waals surface area contributed by atoms with Gasteiger partial charge in [-0.3, -0.25) is 4.79 Å². The van der Waals surface area contributed by atoms with Crippen LogP contribution in [0.3, 0.4) is 0 Å². The van der Waals surface area contributed by atoms with Crippen molar-refractivity contribution in [2.75, 3.05) is 13.2 Å². The SMILES string of the molecule is CCCOCCc1nc2c([nH]1)CC(C(=O)O)CC2. The molecule has 1 aromatic heterocycles. The number of fused-ring (bicyclic) bond motifs is 1. The van der Waals surface area contributed by atoms with Crippen molar-refractivity contribution in [3.05, 3.63) is 17.2 Å². The molecular weight excluding hydrogens is 232 g/mol. The second-order valence-corrected chi connectivity index (χ2v) is 4.75. The number of nitrogens with one attached hydrogen (secondary N) is 1. The Labute approximate surface area is 107 Å². The van der Waals surface area contributed by atoms with Gasteiger partial charge in [-0.05, 0) is 19.3 Å². The van der Waals surface area contributed by atoms with Crippen molar-refractivity contribution in [2.45, 2.75) is 39.0 Å². The molecule has 1 aliphatic rings. The number of hydrogen-bond donors (Lipinski definition) is 2. The van der Waals surface area contributed by atoms with Crippen molar-refractivity contribution in [3.8, 4) is 0 Å². The second-order valence-electron chi connectivity index (χ2n) is 4.75. The summed E-state index contributed by atoms with van der Waals surface area (Å²) in [6.07, 6.45) is 3.82. The summed E-state index contributed by atoms with van der Waals surface area (Å²) in [5, 5.41) is 9.02. The maximum atomic E-state index is 11.0. The Morgan fingerprint density at radius 1 is 1.56 bits per heavy atom. The predicted octanol–water partition coefficient (Wildman–Crippen LogP) is 1.57. The van der Waals surface area contributed by atoms with Crippen molar-refractivity contribution >= 4 is 5.97 Å². The van der Waals surface area contributed by atoms with Crippen LogP contribution in [0, 0.1) is 5.92 Å². The molecule has 0 bridgehead atoms. The quantitative estimate of drug-likeness (QED) is 0.753. The highest BCUT2D eigenvalue weighted by atomic mass is 16.5. The molecule has 0 aliphatic heterocycles. The molecule has 100 valence electrons. The van der Waals surface area contributed by atoms with Crippen LogP contribution in [0.25, 0.3) is 0 Å². The molecule has 0 amide bonds. The molecule has 0 saturated carbocycles. The molecule has 1 atom stereocenters. The third-order valence-corrected chi connectivity index (χ3v) is 3.27. The second kappa shape index (κ2) is 6.00. The summed E-state index contributed by atoms with van der Waals surface area (Å²) < 4.78 is 5.42. The first kappa shape index (κ1) is 13.1. The van der Waals surface area contributed by atoms with Gasteiger partial charge in [-0.15, -0.1) is 0 Å². The minimum Gasteiger partial charge on any atom is -0.481 e. The van der Waals surface area contributed by atoms with Crippen LogP contribution < -0.4 is 0 Å². The van der Waals surface area contributed by atoms with Gasteiger partial charge in [0.15, 0.2) is 0 Å². The molecule has 2 rings (SSSR count). The zero-order valence-electron chi connectivity index (χ0n) is 10.7. The minimum absolute atomic E-state index is 0.262. The average Bonchev–Trinajstić information content (AvgIpc) is 2.76. The van der Waals surface area contributed by atoms with Gasteiger partial charge in [0, 0.05) is 25.1 Å². The molecule has 5 heteroatoms. The number of aromatic amines is 1. The van der Waals surface area contributed by atoms with Gasteiger partial charge in [-0.1, -0.05) is 6.92 Å². The number of carboxylic acids is 1. The van der Waals surface area contributed by atoms with Crippen LogP contribution in [-0.2, 0) is 28.8 Å². The van der Waals surface area contributed by atoms with E-state index in [0.717, 1.165) is 43.1 Å². The monoisotopic (exact) mass is 252 g/mol. The van der Waals surface area contributed by atoms with Crippen molar-refractivity contribution < 1.29 is 14.6 Å². The van der Waals surface area contributed by atoms with E-state index in [1.807, 2.05) is 0 Å². The van der Waals surface area contributed by atoms with E-state index >= 15 is 0 Å². The number of aryl methyl sites for hydroxylation is 1. The molecule has 0 spiro atoms. The van der Waals surface area contributed by atoms with E-state index in [-0.39, 0.29) is 5.92 Å². The topological polar surface area (TPSA) is 75.2 Å². The lowest BCUT2D eigenvalue weighted by Gasteiger charge is -2.16. The third-order valence-electron chi connectivity index (χ3n) is 3.27. The Morgan fingerprint density at radius 2 is 2.39 bits per heavy atom. The van der Waals surface area contributed by atoms with Gasteiger partial charge in [0.05, 0.1) is 18.2 Å². The molecule has 0 radical (unpaired) electrons. The van der Waals surface area contributed by atoms with E-state index < -0.39 is 5.97 Å². The summed E-state index contributed by atoms with van der Waals surface area (Å²) in [5.74, 6) is -0.0487. The summed E-state index contributed by atoms with van der Waals surface area (Å²) >= 11 is 0. The van der Waals surface area contributed by atoms with E-state index in [1.54, 1.807) is 0 Å². The van der Waals surface area contributed by atoms with Crippen LogP contribution in [0.4, 0.5) is 0 Å². The highest BCUT2D eigenvalue weighted by molar-refractivity contribution is 5.70. The largest absolute Gasteiger partial charge is 0.481 e. The number of aliphatic carboxylic acids is 1. The van der Waals surface area contributed by atoms with Gasteiger partial charge in [-0.25, -0.2) is 4.98 Å². The minimum atomic E-state index is -0.705. The molecule has 1 unspecified atom stereocenters. The molecule has 0 aromatic carbocycles. The van der Waals surface area contributed by atoms with Crippen LogP contribution in [0.2, 0.25) is 0 Å². The zero-order valence-corrected chi connectivity index (χ0v) is 10.7. The maximum Gasteiger partial charge on any atom is 0.306 e. The molecule has 18 heavy (non-hydrogen) atoms. The Morgan fingerprint density at radius 3 is 3.11 bits per heavy atom. The van der Waals surface area contributed by atoms with Crippen LogP contribution in [0.1, 0.15) is 37.0 Å². The van der Waals surface area contributed by atoms with Gasteiger partial charge in [0.1, 0.15) is 5.82 Å². The van der Waals surface area contributed by atoms with Crippen LogP contribution in [0.15, 0.2) is 0 Å². The van der Waals surface area contributed by atoms with Gasteiger partial charge in [-0.2, -0.15) is 0 Å². The summed E-state index contributed by atoms with van der Waals surface area (Å²) in [6.45, 7) is 3.53. The molecule has 1 aromatic rings. The van der Waals surface area contributed by atoms with Gasteiger partial charge >= 0.3 is 5.97 Å². The number of hydrogen-bond acceptors (Lipinski definition) is 3. The Bertz CT molecular complexity index is 414. The van der Waals surface area contributed by atoms with Crippen LogP contribution in [0.5, 0.6) is 0 Å². The number of rotatable bonds is 6. The number of aromatic nitrogens is 2. The predicted molar refractivity (Wildman–Crippen MR) is 66.6 cm³/mol. The van der Waals surface area contributed by atoms with E-state index in [1.165, 1.54) is 0 Å². The Hall–Kier alpha value is -1.36. The first-order chi connectivity index (χ1) is 8.70. The van der Waals surface area contributed by atoms with Gasteiger partial charge < -0.3 is 14.8 Å². The number of H-pyrrole nitrogens is 1. The van der Waals surface area contributed by atoms with Crippen LogP contribution >= 0.6 is 0 Å². The highest BCUT2D eigenvalue weighted by Crippen LogP contribution is 2.24. The average molecular weight is 252 g/mol. The van der Waals surface area contributed by atoms with E-state index in [4.69, 9.17) is 9.84 Å². The first-order valence-electron chi connectivity index (χ1n) is 6.58. The lowest BCUT2D eigenvalue weighted by molar-refractivity contribution is -0.142. The molecule has 2 N–H and O–H groups in total. The van der Waals surface area contributed by atoms with Gasteiger partial charge in [0.2, 0.25) is 0 Å². The molecule has 1 aliphatic carbocycles. The molecule has 5 nitrogen and oxygen atoms in total. The maximum absolute atomic E-state index is 11.0. The van der Waals surface area contributed by atoms with E-state index in [2.05, 4.69) is 16.9 Å². The fraction of sp³-hybridized carbons (Fsp3) is 0.692. The smallest absolute Gasteiger partial charge is 0.306 e. The first-order valence-corrected chi connectivity index (χ1v) is 6.58. The van der Waals surface area contributed by atoms with Crippen molar-refractivity contribution in [3.63, 3.8) is 0 Å². The summed E-state index contributed by atoms with van der Waals surface area (Å²) in [4.78, 5) is 18.7. The fourth-order valence-corrected chi connectivity index (χ4v) is 2.28. The highest BCUT2D eigenvalue weighted by Gasteiger charge is 2.26. The molecule has 1 heterocycles. The summed E-state index contributed by atoms with van der Waals surface area (Å²) in [6, 6.07) is 0. The van der Waals surface area contributed by atoms with E-state index in [9.17, 15) is 4.79 Å². The van der Waals surface area contributed by atoms with Crippen molar-refractivity contribution in [1.29, 1.82) is 0 Å². The van der Waals surface area contributed by atoms with Gasteiger partial charge in [0.25, 0.3) is 0 Å². The summed E-state index contributed by atoms with van der Waals surface area (Å²) in [7, 11) is 0. The number of carboxylic acid groups (broad SMARTS) is 1. The Kier molecular flexibility index (Phi) is 4.36. The summed E-state index contributed by atoms with van der Waals surface area (Å²) in [5.41, 5.74) is 2.04. The van der Waals surface area contributed by atoms with Crippen molar-refractivity contribution in [2.24, 2.45) is 5.92 Å². The zero-order chi connectivity index (χ0) is 13.0. The molecule has 0 fully saturated rings. The molecular formula is C13H20N2O3.